The van der Waals surface area contributed by atoms with E-state index in [9.17, 15) is 8.42 Å². The fraction of sp³-hybridized carbons (Fsp3) is 1.00. The minimum absolute atomic E-state index is 0.224. The highest BCUT2D eigenvalue weighted by atomic mass is 32.2. The van der Waals surface area contributed by atoms with Gasteiger partial charge in [0.2, 0.25) is 10.0 Å². The van der Waals surface area contributed by atoms with E-state index in [0.29, 0.717) is 5.75 Å². The van der Waals surface area contributed by atoms with Crippen LogP contribution in [0.4, 0.5) is 0 Å². The second-order valence-electron chi connectivity index (χ2n) is 3.77. The van der Waals surface area contributed by atoms with Gasteiger partial charge in [0.25, 0.3) is 0 Å². The van der Waals surface area contributed by atoms with Gasteiger partial charge in [-0.3, -0.25) is 0 Å². The highest BCUT2D eigenvalue weighted by Crippen LogP contribution is 2.14. The van der Waals surface area contributed by atoms with Gasteiger partial charge in [-0.25, -0.2) is 13.1 Å². The Morgan fingerprint density at radius 2 is 2.08 bits per heavy atom. The van der Waals surface area contributed by atoms with E-state index in [1.165, 1.54) is 19.3 Å². The van der Waals surface area contributed by atoms with Crippen LogP contribution in [0.5, 0.6) is 0 Å². The van der Waals surface area contributed by atoms with E-state index in [4.69, 9.17) is 0 Å². The lowest BCUT2D eigenvalue weighted by Gasteiger charge is -2.07. The molecule has 1 atom stereocenters. The largest absolute Gasteiger partial charge is 0.212 e. The standard InChI is InChI=1S/C9H19NO2S/c1-2-3-4-5-6-9-7-8-13(11,12)10-9/h9-10H,2-8H2,1H3/t9-/m1/s1. The normalized spacial score (nSPS) is 26.4. The smallest absolute Gasteiger partial charge is 0.211 e. The van der Waals surface area contributed by atoms with Crippen LogP contribution in [0, 0.1) is 0 Å². The monoisotopic (exact) mass is 205 g/mol. The highest BCUT2D eigenvalue weighted by molar-refractivity contribution is 7.89. The van der Waals surface area contributed by atoms with Gasteiger partial charge in [0, 0.05) is 6.04 Å². The lowest BCUT2D eigenvalue weighted by atomic mass is 10.1. The van der Waals surface area contributed by atoms with E-state index in [2.05, 4.69) is 11.6 Å². The number of unbranched alkanes of at least 4 members (excludes halogenated alkanes) is 3. The summed E-state index contributed by atoms with van der Waals surface area (Å²) < 4.78 is 24.7. The third kappa shape index (κ3) is 4.09. The molecular weight excluding hydrogens is 186 g/mol. The first-order valence-electron chi connectivity index (χ1n) is 5.14. The maximum absolute atomic E-state index is 11.0. The Morgan fingerprint density at radius 3 is 2.62 bits per heavy atom. The van der Waals surface area contributed by atoms with Gasteiger partial charge in [-0.05, 0) is 12.8 Å². The highest BCUT2D eigenvalue weighted by Gasteiger charge is 2.25. The fourth-order valence-corrected chi connectivity index (χ4v) is 3.15. The van der Waals surface area contributed by atoms with Gasteiger partial charge in [0.05, 0.1) is 5.75 Å². The molecular formula is C9H19NO2S. The molecule has 13 heavy (non-hydrogen) atoms. The van der Waals surface area contributed by atoms with Crippen molar-refractivity contribution >= 4 is 10.0 Å². The van der Waals surface area contributed by atoms with Crippen LogP contribution in [-0.2, 0) is 10.0 Å². The van der Waals surface area contributed by atoms with Gasteiger partial charge in [0.15, 0.2) is 0 Å². The predicted octanol–water partition coefficient (Wildman–Crippen LogP) is 1.65. The molecule has 0 aromatic heterocycles. The summed E-state index contributed by atoms with van der Waals surface area (Å²) in [5.41, 5.74) is 0. The zero-order valence-corrected chi connectivity index (χ0v) is 9.07. The lowest BCUT2D eigenvalue weighted by Crippen LogP contribution is -2.25. The van der Waals surface area contributed by atoms with Gasteiger partial charge in [-0.15, -0.1) is 0 Å². The lowest BCUT2D eigenvalue weighted by molar-refractivity contribution is 0.523. The molecule has 0 amide bonds. The number of nitrogens with one attached hydrogen (secondary N) is 1. The van der Waals surface area contributed by atoms with Gasteiger partial charge < -0.3 is 0 Å². The summed E-state index contributed by atoms with van der Waals surface area (Å²) in [6, 6.07) is 0.224. The zero-order chi connectivity index (χ0) is 9.73. The van der Waals surface area contributed by atoms with Crippen molar-refractivity contribution in [2.45, 2.75) is 51.5 Å². The number of sulfonamides is 1. The van der Waals surface area contributed by atoms with Crippen LogP contribution < -0.4 is 4.72 Å². The molecule has 0 aliphatic carbocycles. The van der Waals surface area contributed by atoms with Crippen molar-refractivity contribution in [3.05, 3.63) is 0 Å². The van der Waals surface area contributed by atoms with Gasteiger partial charge in [0.1, 0.15) is 0 Å². The Hall–Kier alpha value is -0.0900. The van der Waals surface area contributed by atoms with Gasteiger partial charge in [-0.2, -0.15) is 0 Å². The molecule has 1 saturated heterocycles. The van der Waals surface area contributed by atoms with Crippen LogP contribution in [0.2, 0.25) is 0 Å². The second-order valence-corrected chi connectivity index (χ2v) is 5.65. The molecule has 3 nitrogen and oxygen atoms in total. The van der Waals surface area contributed by atoms with Crippen molar-refractivity contribution in [1.82, 2.24) is 4.72 Å². The molecule has 1 aliphatic heterocycles. The molecule has 78 valence electrons. The first-order valence-corrected chi connectivity index (χ1v) is 6.79. The molecule has 0 saturated carbocycles. The Morgan fingerprint density at radius 1 is 1.31 bits per heavy atom. The van der Waals surface area contributed by atoms with E-state index in [1.807, 2.05) is 0 Å². The molecule has 0 aromatic rings. The molecule has 1 N–H and O–H groups in total. The quantitative estimate of drug-likeness (QED) is 0.694. The van der Waals surface area contributed by atoms with Crippen LogP contribution in [0.25, 0.3) is 0 Å². The first kappa shape index (κ1) is 11.0. The maximum atomic E-state index is 11.0. The average molecular weight is 205 g/mol. The maximum Gasteiger partial charge on any atom is 0.211 e. The number of hydrogen-bond acceptors (Lipinski definition) is 2. The Balaban J connectivity index is 2.11. The summed E-state index contributed by atoms with van der Waals surface area (Å²) in [4.78, 5) is 0. The number of rotatable bonds is 5. The van der Waals surface area contributed by atoms with Crippen molar-refractivity contribution in [1.29, 1.82) is 0 Å². The molecule has 4 heteroatoms. The van der Waals surface area contributed by atoms with Crippen LogP contribution in [-0.4, -0.2) is 20.2 Å². The Kier molecular flexibility index (Phi) is 4.19. The van der Waals surface area contributed by atoms with E-state index in [1.54, 1.807) is 0 Å². The van der Waals surface area contributed by atoms with Crippen molar-refractivity contribution in [2.75, 3.05) is 5.75 Å². The Labute approximate surface area is 81.0 Å². The van der Waals surface area contributed by atoms with Crippen LogP contribution >= 0.6 is 0 Å². The molecule has 0 bridgehead atoms. The summed E-state index contributed by atoms with van der Waals surface area (Å²) in [6.45, 7) is 2.18. The third-order valence-corrected chi connectivity index (χ3v) is 3.95. The van der Waals surface area contributed by atoms with Crippen LogP contribution in [0.3, 0.4) is 0 Å². The predicted molar refractivity (Wildman–Crippen MR) is 54.1 cm³/mol. The van der Waals surface area contributed by atoms with E-state index in [0.717, 1.165) is 19.3 Å². The summed E-state index contributed by atoms with van der Waals surface area (Å²) in [7, 11) is -2.89. The van der Waals surface area contributed by atoms with E-state index >= 15 is 0 Å². The molecule has 1 fully saturated rings. The molecule has 1 heterocycles. The zero-order valence-electron chi connectivity index (χ0n) is 8.25. The molecule has 0 radical (unpaired) electrons. The van der Waals surface area contributed by atoms with Crippen LogP contribution in [0.1, 0.15) is 45.4 Å². The summed E-state index contributed by atoms with van der Waals surface area (Å²) in [6.07, 6.45) is 6.69. The SMILES string of the molecule is CCCCCC[C@@H]1CCS(=O)(=O)N1. The fourth-order valence-electron chi connectivity index (χ4n) is 1.69. The third-order valence-electron chi connectivity index (χ3n) is 2.49. The minimum atomic E-state index is -2.89. The van der Waals surface area contributed by atoms with Crippen LogP contribution in [0.15, 0.2) is 0 Å². The topological polar surface area (TPSA) is 46.2 Å². The minimum Gasteiger partial charge on any atom is -0.212 e. The number of hydrogen-bond donors (Lipinski definition) is 1. The van der Waals surface area contributed by atoms with Gasteiger partial charge >= 0.3 is 0 Å². The van der Waals surface area contributed by atoms with Crippen molar-refractivity contribution in [3.63, 3.8) is 0 Å². The Bertz CT molecular complexity index is 236. The molecule has 0 spiro atoms. The summed E-state index contributed by atoms with van der Waals surface area (Å²) in [5, 5.41) is 0. The molecule has 0 aromatic carbocycles. The first-order chi connectivity index (χ1) is 6.14. The van der Waals surface area contributed by atoms with Gasteiger partial charge in [-0.1, -0.05) is 32.6 Å². The second kappa shape index (κ2) is 4.96. The molecule has 1 aliphatic rings. The summed E-state index contributed by atoms with van der Waals surface area (Å²) in [5.74, 6) is 0.325. The molecule has 1 rings (SSSR count). The summed E-state index contributed by atoms with van der Waals surface area (Å²) >= 11 is 0. The van der Waals surface area contributed by atoms with E-state index in [-0.39, 0.29) is 6.04 Å². The average Bonchev–Trinajstić information content (AvgIpc) is 2.40. The van der Waals surface area contributed by atoms with E-state index < -0.39 is 10.0 Å². The van der Waals surface area contributed by atoms with Crippen molar-refractivity contribution in [2.24, 2.45) is 0 Å². The van der Waals surface area contributed by atoms with Crippen molar-refractivity contribution in [3.8, 4) is 0 Å². The van der Waals surface area contributed by atoms with Crippen molar-refractivity contribution < 1.29 is 8.42 Å². The molecule has 0 unspecified atom stereocenters.